The predicted octanol–water partition coefficient (Wildman–Crippen LogP) is 4.60. The lowest BCUT2D eigenvalue weighted by Crippen LogP contribution is -2.43. The number of nitrogens with zero attached hydrogens (tertiary/aromatic N) is 3. The lowest BCUT2D eigenvalue weighted by atomic mass is 9.84. The molecule has 2 aliphatic rings. The molecule has 1 amide bonds. The van der Waals surface area contributed by atoms with E-state index in [1.807, 2.05) is 45.4 Å². The maximum absolute atomic E-state index is 13.5. The fourth-order valence-electron chi connectivity index (χ4n) is 6.25. The molecule has 7 heteroatoms. The average molecular weight is 503 g/mol. The Morgan fingerprint density at radius 3 is 2.57 bits per heavy atom. The van der Waals surface area contributed by atoms with E-state index in [-0.39, 0.29) is 18.6 Å². The van der Waals surface area contributed by atoms with Crippen LogP contribution in [0.3, 0.4) is 0 Å². The molecule has 7 nitrogen and oxygen atoms in total. The summed E-state index contributed by atoms with van der Waals surface area (Å²) in [4.78, 5) is 16.0. The van der Waals surface area contributed by atoms with Crippen LogP contribution in [0.25, 0.3) is 11.1 Å². The summed E-state index contributed by atoms with van der Waals surface area (Å²) in [5.74, 6) is 1.15. The van der Waals surface area contributed by atoms with E-state index < -0.39 is 0 Å². The number of carbonyl (C=O) groups excluding carboxylic acids is 1. The van der Waals surface area contributed by atoms with Gasteiger partial charge in [0.05, 0.1) is 26.0 Å². The molecule has 2 bridgehead atoms. The monoisotopic (exact) mass is 502 g/mol. The number of amides is 1. The molecule has 3 aromatic rings. The molecular weight excluding hydrogens is 464 g/mol. The van der Waals surface area contributed by atoms with Gasteiger partial charge >= 0.3 is 0 Å². The summed E-state index contributed by atoms with van der Waals surface area (Å²) < 4.78 is 7.33. The van der Waals surface area contributed by atoms with Gasteiger partial charge in [0, 0.05) is 43.0 Å². The Labute approximate surface area is 219 Å². The Hall–Kier alpha value is -3.16. The number of benzene rings is 2. The van der Waals surface area contributed by atoms with Crippen LogP contribution < -0.4 is 10.1 Å². The molecule has 2 saturated heterocycles. The van der Waals surface area contributed by atoms with Gasteiger partial charge in [-0.05, 0) is 92.0 Å². The van der Waals surface area contributed by atoms with Gasteiger partial charge in [-0.2, -0.15) is 5.10 Å². The van der Waals surface area contributed by atoms with E-state index in [1.54, 1.807) is 11.8 Å². The smallest absolute Gasteiger partial charge is 0.252 e. The van der Waals surface area contributed by atoms with Crippen molar-refractivity contribution in [1.82, 2.24) is 20.0 Å². The van der Waals surface area contributed by atoms with Crippen molar-refractivity contribution in [2.45, 2.75) is 63.6 Å². The second kappa shape index (κ2) is 10.7. The highest BCUT2D eigenvalue weighted by molar-refractivity contribution is 5.96. The molecule has 1 unspecified atom stereocenters. The molecule has 0 saturated carbocycles. The van der Waals surface area contributed by atoms with Crippen molar-refractivity contribution in [1.29, 1.82) is 0 Å². The quantitative estimate of drug-likeness (QED) is 0.471. The number of aryl methyl sites for hydroxylation is 2. The first-order chi connectivity index (χ1) is 17.9. The molecule has 1 aromatic heterocycles. The Morgan fingerprint density at radius 2 is 1.92 bits per heavy atom. The van der Waals surface area contributed by atoms with Crippen LogP contribution in [0.15, 0.2) is 48.8 Å². The molecule has 2 aromatic carbocycles. The van der Waals surface area contributed by atoms with Crippen molar-refractivity contribution in [3.8, 4) is 16.9 Å². The summed E-state index contributed by atoms with van der Waals surface area (Å²) in [6.45, 7) is 5.01. The minimum Gasteiger partial charge on any atom is -0.497 e. The lowest BCUT2D eigenvalue weighted by Gasteiger charge is -2.39. The van der Waals surface area contributed by atoms with Gasteiger partial charge in [-0.1, -0.05) is 12.1 Å². The fraction of sp³-hybridized carbons (Fsp3) is 0.467. The molecule has 4 atom stereocenters. The highest BCUT2D eigenvalue weighted by atomic mass is 16.5. The number of piperidine rings is 1. The molecule has 2 aliphatic heterocycles. The van der Waals surface area contributed by atoms with E-state index in [1.165, 1.54) is 18.4 Å². The number of aliphatic hydroxyl groups is 1. The summed E-state index contributed by atoms with van der Waals surface area (Å²) in [6, 6.07) is 13.3. The van der Waals surface area contributed by atoms with Crippen LogP contribution in [0.1, 0.15) is 71.6 Å². The molecule has 0 radical (unpaired) electrons. The fourth-order valence-corrected chi connectivity index (χ4v) is 6.25. The Kier molecular flexibility index (Phi) is 7.36. The minimum absolute atomic E-state index is 0.0571. The number of methoxy groups -OCH3 is 1. The number of hydrogen-bond donors (Lipinski definition) is 2. The van der Waals surface area contributed by atoms with Gasteiger partial charge in [0.25, 0.3) is 5.91 Å². The van der Waals surface area contributed by atoms with Crippen molar-refractivity contribution in [3.05, 3.63) is 71.0 Å². The summed E-state index contributed by atoms with van der Waals surface area (Å²) >= 11 is 0. The van der Waals surface area contributed by atoms with E-state index >= 15 is 0 Å². The van der Waals surface area contributed by atoms with Crippen LogP contribution in [-0.4, -0.2) is 58.0 Å². The van der Waals surface area contributed by atoms with Crippen LogP contribution in [0.5, 0.6) is 5.75 Å². The largest absolute Gasteiger partial charge is 0.497 e. The highest BCUT2D eigenvalue weighted by Crippen LogP contribution is 2.43. The van der Waals surface area contributed by atoms with E-state index in [0.29, 0.717) is 18.0 Å². The third kappa shape index (κ3) is 5.29. The minimum atomic E-state index is -0.196. The van der Waals surface area contributed by atoms with E-state index in [0.717, 1.165) is 53.0 Å². The summed E-state index contributed by atoms with van der Waals surface area (Å²) in [7, 11) is 3.55. The van der Waals surface area contributed by atoms with Gasteiger partial charge in [-0.15, -0.1) is 0 Å². The first-order valence-corrected chi connectivity index (χ1v) is 13.3. The molecule has 37 heavy (non-hydrogen) atoms. The zero-order chi connectivity index (χ0) is 26.1. The van der Waals surface area contributed by atoms with Crippen LogP contribution in [0, 0.1) is 6.92 Å². The maximum atomic E-state index is 13.5. The predicted molar refractivity (Wildman–Crippen MR) is 145 cm³/mol. The first-order valence-electron chi connectivity index (χ1n) is 13.3. The van der Waals surface area contributed by atoms with Gasteiger partial charge in [0.2, 0.25) is 0 Å². The second-order valence-electron chi connectivity index (χ2n) is 10.7. The van der Waals surface area contributed by atoms with Crippen LogP contribution in [0.2, 0.25) is 0 Å². The van der Waals surface area contributed by atoms with Crippen molar-refractivity contribution in [3.63, 3.8) is 0 Å². The van der Waals surface area contributed by atoms with E-state index in [2.05, 4.69) is 39.6 Å². The van der Waals surface area contributed by atoms with E-state index in [4.69, 9.17) is 4.74 Å². The third-order valence-corrected chi connectivity index (χ3v) is 8.27. The number of ether oxygens (including phenoxy) is 1. The normalized spacial score (nSPS) is 22.1. The Balaban J connectivity index is 1.33. The number of hydrogen-bond acceptors (Lipinski definition) is 5. The zero-order valence-corrected chi connectivity index (χ0v) is 22.3. The lowest BCUT2D eigenvalue weighted by molar-refractivity contribution is 0.0937. The molecule has 3 heterocycles. The second-order valence-corrected chi connectivity index (χ2v) is 10.7. The molecule has 5 rings (SSSR count). The maximum Gasteiger partial charge on any atom is 0.252 e. The summed E-state index contributed by atoms with van der Waals surface area (Å²) in [6.07, 6.45) is 8.41. The molecule has 2 fully saturated rings. The number of aromatic nitrogens is 2. The Morgan fingerprint density at radius 1 is 1.16 bits per heavy atom. The van der Waals surface area contributed by atoms with Crippen molar-refractivity contribution < 1.29 is 14.6 Å². The molecule has 2 N–H and O–H groups in total. The molecule has 0 spiro atoms. The number of aliphatic hydroxyl groups excluding tert-OH is 1. The first kappa shape index (κ1) is 25.5. The molecular formula is C30H38N4O3. The summed E-state index contributed by atoms with van der Waals surface area (Å²) in [5.41, 5.74) is 5.96. The van der Waals surface area contributed by atoms with Gasteiger partial charge in [-0.25, -0.2) is 0 Å². The highest BCUT2D eigenvalue weighted by Gasteiger charge is 2.40. The van der Waals surface area contributed by atoms with Crippen molar-refractivity contribution >= 4 is 5.91 Å². The molecule has 0 aliphatic carbocycles. The van der Waals surface area contributed by atoms with E-state index in [9.17, 15) is 9.90 Å². The van der Waals surface area contributed by atoms with Crippen molar-refractivity contribution in [2.75, 3.05) is 20.3 Å². The Bertz CT molecular complexity index is 1260. The van der Waals surface area contributed by atoms with Crippen LogP contribution in [-0.2, 0) is 7.05 Å². The number of nitrogens with one attached hydrogen (secondary N) is 1. The van der Waals surface area contributed by atoms with Gasteiger partial charge < -0.3 is 15.2 Å². The van der Waals surface area contributed by atoms with Crippen LogP contribution in [0.4, 0.5) is 0 Å². The number of fused-ring (bicyclic) bond motifs is 2. The number of carbonyl (C=O) groups is 1. The summed E-state index contributed by atoms with van der Waals surface area (Å²) in [5, 5.41) is 17.0. The van der Waals surface area contributed by atoms with Crippen LogP contribution >= 0.6 is 0 Å². The van der Waals surface area contributed by atoms with Gasteiger partial charge in [0.1, 0.15) is 5.75 Å². The number of rotatable bonds is 8. The molecule has 196 valence electrons. The standard InChI is InChI=1S/C30H38N4O3/c1-19-5-6-21(24-12-26-7-8-27(13-24)34(26)9-10-35)16-29(19)30(36)32-20(2)22-11-23(15-28(14-22)37-4)25-17-31-33(3)18-25/h5-6,11,14-18,20,24,26-27,35H,7-10,12-13H2,1-4H3,(H,32,36)/t20-,24?,26-,27+/m1/s1. The zero-order valence-electron chi connectivity index (χ0n) is 22.3. The topological polar surface area (TPSA) is 79.6 Å². The van der Waals surface area contributed by atoms with Gasteiger partial charge in [-0.3, -0.25) is 14.4 Å². The van der Waals surface area contributed by atoms with Gasteiger partial charge in [0.15, 0.2) is 0 Å². The average Bonchev–Trinajstić information content (AvgIpc) is 3.42. The van der Waals surface area contributed by atoms with Crippen molar-refractivity contribution in [2.24, 2.45) is 7.05 Å². The SMILES string of the molecule is COc1cc(-c2cnn(C)c2)cc([C@@H](C)NC(=O)c2cc(C3C[C@H]4CC[C@@H](C3)N4CCO)ccc2C)c1. The third-order valence-electron chi connectivity index (χ3n) is 8.27.